The Balaban J connectivity index is 2.10. The molecular formula is C14H20F2N2. The Labute approximate surface area is 107 Å². The van der Waals surface area contributed by atoms with Gasteiger partial charge in [0.05, 0.1) is 0 Å². The molecular weight excluding hydrogens is 234 g/mol. The van der Waals surface area contributed by atoms with E-state index in [4.69, 9.17) is 5.73 Å². The molecule has 0 saturated heterocycles. The van der Waals surface area contributed by atoms with E-state index in [0.29, 0.717) is 17.5 Å². The van der Waals surface area contributed by atoms with Gasteiger partial charge in [-0.05, 0) is 43.4 Å². The zero-order chi connectivity index (χ0) is 13.1. The quantitative estimate of drug-likeness (QED) is 0.867. The number of hydrogen-bond donors (Lipinski definition) is 2. The molecule has 0 amide bonds. The van der Waals surface area contributed by atoms with Crippen LogP contribution in [0.2, 0.25) is 0 Å². The summed E-state index contributed by atoms with van der Waals surface area (Å²) in [6.45, 7) is 2.48. The fourth-order valence-corrected chi connectivity index (χ4v) is 2.71. The number of nitrogens with one attached hydrogen (secondary N) is 1. The van der Waals surface area contributed by atoms with E-state index < -0.39 is 11.6 Å². The van der Waals surface area contributed by atoms with Crippen LogP contribution in [0.25, 0.3) is 0 Å². The van der Waals surface area contributed by atoms with Crippen LogP contribution in [0.1, 0.15) is 37.8 Å². The van der Waals surface area contributed by atoms with E-state index in [2.05, 4.69) is 12.2 Å². The fourth-order valence-electron chi connectivity index (χ4n) is 2.71. The van der Waals surface area contributed by atoms with Gasteiger partial charge in [0.2, 0.25) is 0 Å². The molecule has 1 fully saturated rings. The van der Waals surface area contributed by atoms with Gasteiger partial charge in [0, 0.05) is 24.2 Å². The maximum Gasteiger partial charge on any atom is 0.128 e. The summed E-state index contributed by atoms with van der Waals surface area (Å²) in [5, 5.41) is 3.35. The van der Waals surface area contributed by atoms with Crippen molar-refractivity contribution in [3.05, 3.63) is 35.4 Å². The smallest absolute Gasteiger partial charge is 0.128 e. The average Bonchev–Trinajstić information content (AvgIpc) is 2.75. The fraction of sp³-hybridized carbons (Fsp3) is 0.571. The van der Waals surface area contributed by atoms with Crippen molar-refractivity contribution in [2.45, 2.75) is 38.3 Å². The Morgan fingerprint density at radius 2 is 2.17 bits per heavy atom. The molecule has 2 rings (SSSR count). The highest BCUT2D eigenvalue weighted by molar-refractivity contribution is 5.23. The highest BCUT2D eigenvalue weighted by atomic mass is 19.1. The van der Waals surface area contributed by atoms with Crippen molar-refractivity contribution in [1.29, 1.82) is 0 Å². The Kier molecular flexibility index (Phi) is 4.30. The third-order valence-electron chi connectivity index (χ3n) is 3.70. The molecule has 0 radical (unpaired) electrons. The van der Waals surface area contributed by atoms with Crippen LogP contribution in [0.4, 0.5) is 8.78 Å². The van der Waals surface area contributed by atoms with Gasteiger partial charge in [0.1, 0.15) is 11.6 Å². The van der Waals surface area contributed by atoms with Crippen LogP contribution in [0.3, 0.4) is 0 Å². The summed E-state index contributed by atoms with van der Waals surface area (Å²) >= 11 is 0. The summed E-state index contributed by atoms with van der Waals surface area (Å²) in [6, 6.07) is 3.57. The molecule has 3 unspecified atom stereocenters. The maximum atomic E-state index is 13.7. The van der Waals surface area contributed by atoms with Crippen LogP contribution < -0.4 is 11.1 Å². The standard InChI is InChI=1S/C14H20F2N2/c1-9-2-4-11(6-9)18-14(8-17)12-7-10(15)3-5-13(12)16/h3,5,7,9,11,14,18H,2,4,6,8,17H2,1H3. The normalized spacial score (nSPS) is 25.3. The van der Waals surface area contributed by atoms with E-state index in [1.165, 1.54) is 12.5 Å². The lowest BCUT2D eigenvalue weighted by Crippen LogP contribution is -2.35. The van der Waals surface area contributed by atoms with E-state index in [1.54, 1.807) is 0 Å². The largest absolute Gasteiger partial charge is 0.329 e. The van der Waals surface area contributed by atoms with E-state index >= 15 is 0 Å². The van der Waals surface area contributed by atoms with Gasteiger partial charge in [-0.1, -0.05) is 6.92 Å². The summed E-state index contributed by atoms with van der Waals surface area (Å²) in [5.41, 5.74) is 6.02. The summed E-state index contributed by atoms with van der Waals surface area (Å²) < 4.78 is 26.9. The monoisotopic (exact) mass is 254 g/mol. The molecule has 100 valence electrons. The van der Waals surface area contributed by atoms with Crippen LogP contribution in [0.5, 0.6) is 0 Å². The maximum absolute atomic E-state index is 13.7. The molecule has 0 aromatic heterocycles. The van der Waals surface area contributed by atoms with Gasteiger partial charge in [-0.15, -0.1) is 0 Å². The van der Waals surface area contributed by atoms with Crippen LogP contribution in [-0.2, 0) is 0 Å². The first-order chi connectivity index (χ1) is 8.60. The van der Waals surface area contributed by atoms with Crippen molar-refractivity contribution in [3.63, 3.8) is 0 Å². The second kappa shape index (κ2) is 5.76. The van der Waals surface area contributed by atoms with Crippen molar-refractivity contribution >= 4 is 0 Å². The molecule has 2 nitrogen and oxygen atoms in total. The van der Waals surface area contributed by atoms with E-state index in [1.807, 2.05) is 0 Å². The van der Waals surface area contributed by atoms with E-state index in [-0.39, 0.29) is 12.6 Å². The topological polar surface area (TPSA) is 38.0 Å². The van der Waals surface area contributed by atoms with Crippen LogP contribution in [0.15, 0.2) is 18.2 Å². The molecule has 1 aromatic carbocycles. The molecule has 3 atom stereocenters. The lowest BCUT2D eigenvalue weighted by Gasteiger charge is -2.22. The van der Waals surface area contributed by atoms with Crippen molar-refractivity contribution in [1.82, 2.24) is 5.32 Å². The van der Waals surface area contributed by atoms with Crippen LogP contribution in [0, 0.1) is 17.6 Å². The van der Waals surface area contributed by atoms with E-state index in [0.717, 1.165) is 25.0 Å². The van der Waals surface area contributed by atoms with Gasteiger partial charge in [-0.2, -0.15) is 0 Å². The van der Waals surface area contributed by atoms with Crippen LogP contribution >= 0.6 is 0 Å². The minimum Gasteiger partial charge on any atom is -0.329 e. The predicted molar refractivity (Wildman–Crippen MR) is 68.1 cm³/mol. The third kappa shape index (κ3) is 3.06. The van der Waals surface area contributed by atoms with Crippen molar-refractivity contribution in [2.24, 2.45) is 11.7 Å². The highest BCUT2D eigenvalue weighted by Gasteiger charge is 2.25. The summed E-state index contributed by atoms with van der Waals surface area (Å²) in [7, 11) is 0. The Morgan fingerprint density at radius 3 is 2.78 bits per heavy atom. The van der Waals surface area contributed by atoms with Crippen molar-refractivity contribution in [3.8, 4) is 0 Å². The molecule has 1 saturated carbocycles. The van der Waals surface area contributed by atoms with Gasteiger partial charge >= 0.3 is 0 Å². The molecule has 0 bridgehead atoms. The SMILES string of the molecule is CC1CCC(NC(CN)c2cc(F)ccc2F)C1. The van der Waals surface area contributed by atoms with Crippen molar-refractivity contribution < 1.29 is 8.78 Å². The lowest BCUT2D eigenvalue weighted by molar-refractivity contribution is 0.420. The number of hydrogen-bond acceptors (Lipinski definition) is 2. The molecule has 3 N–H and O–H groups in total. The summed E-state index contributed by atoms with van der Waals surface area (Å²) in [6.07, 6.45) is 3.34. The first-order valence-corrected chi connectivity index (χ1v) is 6.51. The second-order valence-corrected chi connectivity index (χ2v) is 5.24. The third-order valence-corrected chi connectivity index (χ3v) is 3.70. The Hall–Kier alpha value is -1.00. The number of halogens is 2. The van der Waals surface area contributed by atoms with Gasteiger partial charge < -0.3 is 11.1 Å². The zero-order valence-electron chi connectivity index (χ0n) is 10.6. The molecule has 1 aliphatic carbocycles. The summed E-state index contributed by atoms with van der Waals surface area (Å²) in [4.78, 5) is 0. The minimum absolute atomic E-state index is 0.269. The van der Waals surface area contributed by atoms with Gasteiger partial charge in [0.15, 0.2) is 0 Å². The highest BCUT2D eigenvalue weighted by Crippen LogP contribution is 2.27. The minimum atomic E-state index is -0.425. The molecule has 0 heterocycles. The molecule has 18 heavy (non-hydrogen) atoms. The Bertz CT molecular complexity index is 409. The number of rotatable bonds is 4. The molecule has 0 spiro atoms. The van der Waals surface area contributed by atoms with E-state index in [9.17, 15) is 8.78 Å². The summed E-state index contributed by atoms with van der Waals surface area (Å²) in [5.74, 6) is -0.130. The number of nitrogens with two attached hydrogens (primary N) is 1. The second-order valence-electron chi connectivity index (χ2n) is 5.24. The van der Waals surface area contributed by atoms with Gasteiger partial charge in [-0.3, -0.25) is 0 Å². The number of benzene rings is 1. The van der Waals surface area contributed by atoms with Crippen molar-refractivity contribution in [2.75, 3.05) is 6.54 Å². The molecule has 1 aromatic rings. The Morgan fingerprint density at radius 1 is 1.39 bits per heavy atom. The molecule has 1 aliphatic rings. The molecule has 4 heteroatoms. The first kappa shape index (κ1) is 13.4. The van der Waals surface area contributed by atoms with Gasteiger partial charge in [0.25, 0.3) is 0 Å². The van der Waals surface area contributed by atoms with Crippen LogP contribution in [-0.4, -0.2) is 12.6 Å². The van der Waals surface area contributed by atoms with Gasteiger partial charge in [-0.25, -0.2) is 8.78 Å². The average molecular weight is 254 g/mol. The molecule has 0 aliphatic heterocycles. The lowest BCUT2D eigenvalue weighted by atomic mass is 10.0. The first-order valence-electron chi connectivity index (χ1n) is 6.51. The predicted octanol–water partition coefficient (Wildman–Crippen LogP) is 2.74. The zero-order valence-corrected chi connectivity index (χ0v) is 10.6.